The fourth-order valence-electron chi connectivity index (χ4n) is 2.02. The highest BCUT2D eigenvalue weighted by atomic mass is 32.1. The van der Waals surface area contributed by atoms with E-state index < -0.39 is 5.97 Å². The van der Waals surface area contributed by atoms with Crippen molar-refractivity contribution < 1.29 is 19.4 Å². The maximum Gasteiger partial charge on any atom is 0.227 e. The molecule has 7 heteroatoms. The lowest BCUT2D eigenvalue weighted by molar-refractivity contribution is -0.304. The van der Waals surface area contributed by atoms with E-state index in [1.54, 1.807) is 5.38 Å². The first-order valence-electron chi connectivity index (χ1n) is 7.68. The molecule has 0 bridgehead atoms. The van der Waals surface area contributed by atoms with Crippen LogP contribution in [-0.4, -0.2) is 23.5 Å². The predicted molar refractivity (Wildman–Crippen MR) is 88.6 cm³/mol. The molecule has 0 saturated carbocycles. The number of carbonyl (C=O) groups excluding carboxylic acids is 2. The van der Waals surface area contributed by atoms with Gasteiger partial charge in [0.15, 0.2) is 0 Å². The molecule has 24 heavy (non-hydrogen) atoms. The number of hydrogen-bond acceptors (Lipinski definition) is 6. The summed E-state index contributed by atoms with van der Waals surface area (Å²) >= 11 is 1.27. The zero-order valence-electron chi connectivity index (χ0n) is 13.4. The van der Waals surface area contributed by atoms with E-state index in [9.17, 15) is 14.7 Å². The number of carboxylic acids is 1. The molecule has 0 atom stereocenters. The Labute approximate surface area is 144 Å². The highest BCUT2D eigenvalue weighted by Crippen LogP contribution is 2.14. The maximum absolute atomic E-state index is 12.0. The minimum atomic E-state index is -1.18. The third-order valence-electron chi connectivity index (χ3n) is 3.10. The number of carbonyl (C=O) groups is 2. The second-order valence-corrected chi connectivity index (χ2v) is 6.17. The summed E-state index contributed by atoms with van der Waals surface area (Å²) in [5.41, 5.74) is 1.37. The molecule has 1 aromatic heterocycles. The Hall–Kier alpha value is -2.41. The molecule has 1 heterocycles. The minimum Gasteiger partial charge on any atom is -0.550 e. The molecule has 1 amide bonds. The molecule has 2 rings (SSSR count). The SMILES string of the molecule is CCCOc1cccc(CNC(=O)Cc2nc(CC(=O)[O-])cs2)c1. The summed E-state index contributed by atoms with van der Waals surface area (Å²) in [5, 5.41) is 15.6. The van der Waals surface area contributed by atoms with Crippen LogP contribution in [0.15, 0.2) is 29.6 Å². The third-order valence-corrected chi connectivity index (χ3v) is 4.00. The molecule has 6 nitrogen and oxygen atoms in total. The standard InChI is InChI=1S/C17H20N2O4S/c1-2-6-23-14-5-3-4-12(7-14)10-18-15(20)9-16-19-13(11-24-16)8-17(21)22/h3-5,7,11H,2,6,8-10H2,1H3,(H,18,20)(H,21,22)/p-1. The molecule has 0 saturated heterocycles. The van der Waals surface area contributed by atoms with Gasteiger partial charge >= 0.3 is 0 Å². The lowest BCUT2D eigenvalue weighted by atomic mass is 10.2. The summed E-state index contributed by atoms with van der Waals surface area (Å²) in [6.45, 7) is 3.11. The lowest BCUT2D eigenvalue weighted by Crippen LogP contribution is -2.25. The fraction of sp³-hybridized carbons (Fsp3) is 0.353. The quantitative estimate of drug-likeness (QED) is 0.733. The molecular formula is C17H19N2O4S-. The molecule has 0 radical (unpaired) electrons. The van der Waals surface area contributed by atoms with E-state index in [4.69, 9.17) is 4.74 Å². The van der Waals surface area contributed by atoms with Gasteiger partial charge in [0.2, 0.25) is 5.91 Å². The number of nitrogens with zero attached hydrogens (tertiary/aromatic N) is 1. The van der Waals surface area contributed by atoms with E-state index in [2.05, 4.69) is 10.3 Å². The van der Waals surface area contributed by atoms with E-state index in [1.807, 2.05) is 31.2 Å². The van der Waals surface area contributed by atoms with Gasteiger partial charge in [0.05, 0.1) is 18.7 Å². The maximum atomic E-state index is 12.0. The summed E-state index contributed by atoms with van der Waals surface area (Å²) < 4.78 is 5.56. The normalized spacial score (nSPS) is 10.4. The van der Waals surface area contributed by atoms with Gasteiger partial charge in [0.25, 0.3) is 0 Å². The van der Waals surface area contributed by atoms with Crippen molar-refractivity contribution in [2.45, 2.75) is 32.7 Å². The number of hydrogen-bond donors (Lipinski definition) is 1. The van der Waals surface area contributed by atoms with Crippen LogP contribution in [0.5, 0.6) is 5.75 Å². The van der Waals surface area contributed by atoms with Gasteiger partial charge in [0.1, 0.15) is 10.8 Å². The monoisotopic (exact) mass is 347 g/mol. The number of amides is 1. The number of rotatable bonds is 9. The van der Waals surface area contributed by atoms with Gasteiger partial charge in [0, 0.05) is 24.3 Å². The summed E-state index contributed by atoms with van der Waals surface area (Å²) in [4.78, 5) is 26.6. The first-order valence-corrected chi connectivity index (χ1v) is 8.56. The first-order chi connectivity index (χ1) is 11.6. The number of ether oxygens (including phenoxy) is 1. The van der Waals surface area contributed by atoms with Crippen molar-refractivity contribution in [1.82, 2.24) is 10.3 Å². The summed E-state index contributed by atoms with van der Waals surface area (Å²) in [5.74, 6) is -0.554. The van der Waals surface area contributed by atoms with Crippen molar-refractivity contribution in [2.75, 3.05) is 6.61 Å². The number of aromatic nitrogens is 1. The summed E-state index contributed by atoms with van der Waals surface area (Å²) in [6.07, 6.45) is 0.834. The Morgan fingerprint density at radius 3 is 2.92 bits per heavy atom. The largest absolute Gasteiger partial charge is 0.550 e. The fourth-order valence-corrected chi connectivity index (χ4v) is 2.82. The minimum absolute atomic E-state index is 0.129. The van der Waals surface area contributed by atoms with Crippen LogP contribution in [-0.2, 0) is 29.0 Å². The van der Waals surface area contributed by atoms with E-state index in [0.29, 0.717) is 23.9 Å². The van der Waals surface area contributed by atoms with E-state index in [-0.39, 0.29) is 18.7 Å². The van der Waals surface area contributed by atoms with Crippen LogP contribution in [0.3, 0.4) is 0 Å². The first kappa shape index (κ1) is 17.9. The third kappa shape index (κ3) is 6.00. The number of nitrogens with one attached hydrogen (secondary N) is 1. The smallest absolute Gasteiger partial charge is 0.227 e. The molecule has 1 aromatic carbocycles. The van der Waals surface area contributed by atoms with Crippen LogP contribution in [0.25, 0.3) is 0 Å². The van der Waals surface area contributed by atoms with Gasteiger partial charge in [-0.2, -0.15) is 0 Å². The zero-order valence-corrected chi connectivity index (χ0v) is 14.2. The molecule has 0 aliphatic rings. The number of aliphatic carboxylic acids is 1. The van der Waals surface area contributed by atoms with Gasteiger partial charge in [-0.1, -0.05) is 19.1 Å². The molecule has 128 valence electrons. The highest BCUT2D eigenvalue weighted by molar-refractivity contribution is 7.09. The van der Waals surface area contributed by atoms with Gasteiger partial charge in [-0.05, 0) is 24.1 Å². The lowest BCUT2D eigenvalue weighted by Gasteiger charge is -2.08. The van der Waals surface area contributed by atoms with Crippen molar-refractivity contribution in [3.05, 3.63) is 45.9 Å². The molecule has 0 aliphatic heterocycles. The van der Waals surface area contributed by atoms with Crippen LogP contribution in [0.4, 0.5) is 0 Å². The Bertz CT molecular complexity index is 699. The zero-order chi connectivity index (χ0) is 17.4. The molecular weight excluding hydrogens is 328 g/mol. The second-order valence-electron chi connectivity index (χ2n) is 5.23. The molecule has 0 fully saturated rings. The summed E-state index contributed by atoms with van der Waals surface area (Å²) in [6, 6.07) is 7.59. The van der Waals surface area contributed by atoms with Gasteiger partial charge < -0.3 is 20.0 Å². The van der Waals surface area contributed by atoms with Crippen molar-refractivity contribution in [1.29, 1.82) is 0 Å². The Morgan fingerprint density at radius 2 is 2.17 bits per heavy atom. The van der Waals surface area contributed by atoms with Crippen LogP contribution in [0, 0.1) is 0 Å². The average Bonchev–Trinajstić information content (AvgIpc) is 2.97. The predicted octanol–water partition coefficient (Wildman–Crippen LogP) is 1.08. The number of carboxylic acid groups (broad SMARTS) is 1. The summed E-state index contributed by atoms with van der Waals surface area (Å²) in [7, 11) is 0. The molecule has 0 spiro atoms. The topological polar surface area (TPSA) is 91.3 Å². The van der Waals surface area contributed by atoms with Gasteiger partial charge in [-0.15, -0.1) is 11.3 Å². The average molecular weight is 347 g/mol. The van der Waals surface area contributed by atoms with Gasteiger partial charge in [-0.25, -0.2) is 4.98 Å². The van der Waals surface area contributed by atoms with Crippen LogP contribution in [0.1, 0.15) is 29.6 Å². The number of thiazole rings is 1. The Kier molecular flexibility index (Phi) is 6.74. The van der Waals surface area contributed by atoms with Crippen LogP contribution < -0.4 is 15.2 Å². The molecule has 0 unspecified atom stereocenters. The molecule has 2 aromatic rings. The van der Waals surface area contributed by atoms with Crippen LogP contribution in [0.2, 0.25) is 0 Å². The van der Waals surface area contributed by atoms with E-state index in [0.717, 1.165) is 17.7 Å². The second kappa shape index (κ2) is 9.02. The van der Waals surface area contributed by atoms with Crippen molar-refractivity contribution in [3.8, 4) is 5.75 Å². The molecule has 0 aliphatic carbocycles. The Balaban J connectivity index is 1.82. The van der Waals surface area contributed by atoms with E-state index in [1.165, 1.54) is 11.3 Å². The molecule has 1 N–H and O–H groups in total. The number of benzene rings is 1. The highest BCUT2D eigenvalue weighted by Gasteiger charge is 2.08. The van der Waals surface area contributed by atoms with Crippen LogP contribution >= 0.6 is 11.3 Å². The van der Waals surface area contributed by atoms with Crippen molar-refractivity contribution in [2.24, 2.45) is 0 Å². The van der Waals surface area contributed by atoms with Crippen molar-refractivity contribution >= 4 is 23.2 Å². The van der Waals surface area contributed by atoms with Gasteiger partial charge in [-0.3, -0.25) is 4.79 Å². The van der Waals surface area contributed by atoms with Crippen molar-refractivity contribution in [3.63, 3.8) is 0 Å². The van der Waals surface area contributed by atoms with E-state index >= 15 is 0 Å². The Morgan fingerprint density at radius 1 is 1.33 bits per heavy atom.